The lowest BCUT2D eigenvalue weighted by Crippen LogP contribution is -2.40. The number of nitrogens with one attached hydrogen (secondary N) is 2. The highest BCUT2D eigenvalue weighted by Gasteiger charge is 2.04. The topological polar surface area (TPSA) is 84.2 Å². The molecule has 2 amide bonds. The summed E-state index contributed by atoms with van der Waals surface area (Å²) in [5.74, 6) is -1.74. The summed E-state index contributed by atoms with van der Waals surface area (Å²) in [5, 5.41) is 4.82. The van der Waals surface area contributed by atoms with Crippen LogP contribution in [0.5, 0.6) is 0 Å². The maximum Gasteiger partial charge on any atom is 0.310 e. The Kier molecular flexibility index (Phi) is 3.38. The number of primary amides is 1. The Balaban J connectivity index is 3.39. The predicted molar refractivity (Wildman–Crippen MR) is 31.3 cm³/mol. The Morgan fingerprint density at radius 3 is 2.44 bits per heavy atom. The average molecular weight is 131 g/mol. The van der Waals surface area contributed by atoms with Gasteiger partial charge in [-0.2, -0.15) is 0 Å². The summed E-state index contributed by atoms with van der Waals surface area (Å²) >= 11 is 0. The highest BCUT2D eigenvalue weighted by atomic mass is 16.2. The zero-order valence-corrected chi connectivity index (χ0v) is 5.10. The largest absolute Gasteiger partial charge is 0.361 e. The second-order valence-electron chi connectivity index (χ2n) is 1.40. The summed E-state index contributed by atoms with van der Waals surface area (Å²) in [6.07, 6.45) is 0. The lowest BCUT2D eigenvalue weighted by Gasteiger charge is -1.97. The molecule has 0 rings (SSSR count). The lowest BCUT2D eigenvalue weighted by molar-refractivity contribution is -0.137. The first kappa shape index (κ1) is 7.90. The minimum Gasteiger partial charge on any atom is -0.361 e. The number of nitrogens with two attached hydrogens (primary N) is 1. The van der Waals surface area contributed by atoms with Crippen LogP contribution in [0.3, 0.4) is 0 Å². The Bertz CT molecular complexity index is 123. The molecule has 5 nitrogen and oxygen atoms in total. The van der Waals surface area contributed by atoms with E-state index in [1.54, 1.807) is 7.05 Å². The van der Waals surface area contributed by atoms with Crippen LogP contribution in [0.2, 0.25) is 0 Å². The van der Waals surface area contributed by atoms with Gasteiger partial charge in [-0.1, -0.05) is 0 Å². The monoisotopic (exact) mass is 131 g/mol. The Morgan fingerprint density at radius 1 is 1.56 bits per heavy atom. The normalized spacial score (nSPS) is 8.56. The van der Waals surface area contributed by atoms with Gasteiger partial charge in [0.1, 0.15) is 0 Å². The quantitative estimate of drug-likeness (QED) is 0.293. The van der Waals surface area contributed by atoms with Crippen LogP contribution in [0, 0.1) is 0 Å². The van der Waals surface area contributed by atoms with Crippen LogP contribution in [0.15, 0.2) is 0 Å². The Labute approximate surface area is 52.6 Å². The maximum absolute atomic E-state index is 10.3. The zero-order chi connectivity index (χ0) is 7.28. The third-order valence-corrected chi connectivity index (χ3v) is 0.650. The molecular weight excluding hydrogens is 122 g/mol. The van der Waals surface area contributed by atoms with Crippen molar-refractivity contribution in [2.75, 3.05) is 13.7 Å². The molecule has 0 saturated carbocycles. The SMILES string of the molecule is CNCNC(=O)C(N)=O. The molecule has 0 radical (unpaired) electrons. The van der Waals surface area contributed by atoms with Crippen molar-refractivity contribution in [2.24, 2.45) is 5.73 Å². The maximum atomic E-state index is 10.3. The van der Waals surface area contributed by atoms with Gasteiger partial charge in [0.15, 0.2) is 0 Å². The van der Waals surface area contributed by atoms with Gasteiger partial charge in [0.2, 0.25) is 0 Å². The van der Waals surface area contributed by atoms with Crippen LogP contribution in [0.4, 0.5) is 0 Å². The smallest absolute Gasteiger partial charge is 0.310 e. The summed E-state index contributed by atoms with van der Waals surface area (Å²) in [7, 11) is 1.64. The van der Waals surface area contributed by atoms with E-state index in [0.29, 0.717) is 0 Å². The molecule has 9 heavy (non-hydrogen) atoms. The molecule has 0 bridgehead atoms. The second kappa shape index (κ2) is 3.85. The second-order valence-corrected chi connectivity index (χ2v) is 1.40. The van der Waals surface area contributed by atoms with Crippen molar-refractivity contribution >= 4 is 11.8 Å². The molecular formula is C4H9N3O2. The Hall–Kier alpha value is -1.10. The van der Waals surface area contributed by atoms with Crippen molar-refractivity contribution in [3.63, 3.8) is 0 Å². The minimum atomic E-state index is -0.967. The third kappa shape index (κ3) is 3.48. The first-order valence-corrected chi connectivity index (χ1v) is 2.40. The zero-order valence-electron chi connectivity index (χ0n) is 5.10. The van der Waals surface area contributed by atoms with E-state index in [-0.39, 0.29) is 6.67 Å². The molecule has 0 aromatic rings. The van der Waals surface area contributed by atoms with Gasteiger partial charge in [-0.3, -0.25) is 9.59 Å². The number of carbonyl (C=O) groups is 2. The van der Waals surface area contributed by atoms with Gasteiger partial charge in [0.05, 0.1) is 6.67 Å². The van der Waals surface area contributed by atoms with Crippen LogP contribution in [0.1, 0.15) is 0 Å². The van der Waals surface area contributed by atoms with Gasteiger partial charge >= 0.3 is 11.8 Å². The van der Waals surface area contributed by atoms with Crippen LogP contribution >= 0.6 is 0 Å². The van der Waals surface area contributed by atoms with E-state index in [2.05, 4.69) is 16.4 Å². The van der Waals surface area contributed by atoms with Crippen molar-refractivity contribution in [3.05, 3.63) is 0 Å². The summed E-state index contributed by atoms with van der Waals surface area (Å²) in [6.45, 7) is 0.252. The van der Waals surface area contributed by atoms with Gasteiger partial charge in [0, 0.05) is 0 Å². The molecule has 0 unspecified atom stereocenters. The van der Waals surface area contributed by atoms with Crippen molar-refractivity contribution in [1.82, 2.24) is 10.6 Å². The predicted octanol–water partition coefficient (Wildman–Crippen LogP) is -2.24. The molecule has 0 aromatic carbocycles. The van der Waals surface area contributed by atoms with E-state index in [0.717, 1.165) is 0 Å². The van der Waals surface area contributed by atoms with Crippen LogP contribution in [0.25, 0.3) is 0 Å². The fraction of sp³-hybridized carbons (Fsp3) is 0.500. The first-order chi connectivity index (χ1) is 4.18. The van der Waals surface area contributed by atoms with Crippen LogP contribution in [-0.4, -0.2) is 25.5 Å². The number of carbonyl (C=O) groups excluding carboxylic acids is 2. The molecule has 0 aliphatic heterocycles. The molecule has 52 valence electrons. The van der Waals surface area contributed by atoms with Crippen molar-refractivity contribution in [1.29, 1.82) is 0 Å². The van der Waals surface area contributed by atoms with E-state index in [4.69, 9.17) is 0 Å². The number of rotatable bonds is 2. The molecule has 0 fully saturated rings. The molecule has 0 atom stereocenters. The van der Waals surface area contributed by atoms with E-state index in [9.17, 15) is 9.59 Å². The first-order valence-electron chi connectivity index (χ1n) is 2.40. The van der Waals surface area contributed by atoms with Crippen molar-refractivity contribution in [2.45, 2.75) is 0 Å². The van der Waals surface area contributed by atoms with Gasteiger partial charge in [-0.15, -0.1) is 0 Å². The molecule has 0 saturated heterocycles. The Morgan fingerprint density at radius 2 is 2.11 bits per heavy atom. The molecule has 0 heterocycles. The minimum absolute atomic E-state index is 0.252. The number of hydrogen-bond acceptors (Lipinski definition) is 3. The molecule has 0 aliphatic rings. The van der Waals surface area contributed by atoms with E-state index >= 15 is 0 Å². The van der Waals surface area contributed by atoms with Crippen LogP contribution in [-0.2, 0) is 9.59 Å². The van der Waals surface area contributed by atoms with Crippen molar-refractivity contribution < 1.29 is 9.59 Å². The highest BCUT2D eigenvalue weighted by Crippen LogP contribution is 1.57. The fourth-order valence-electron chi connectivity index (χ4n) is 0.256. The summed E-state index contributed by atoms with van der Waals surface area (Å²) in [6, 6.07) is 0. The third-order valence-electron chi connectivity index (χ3n) is 0.650. The van der Waals surface area contributed by atoms with Crippen molar-refractivity contribution in [3.8, 4) is 0 Å². The summed E-state index contributed by atoms with van der Waals surface area (Å²) < 4.78 is 0. The molecule has 0 aliphatic carbocycles. The summed E-state index contributed by atoms with van der Waals surface area (Å²) in [5.41, 5.74) is 4.60. The molecule has 4 N–H and O–H groups in total. The fourth-order valence-corrected chi connectivity index (χ4v) is 0.256. The number of amides is 2. The molecule has 5 heteroatoms. The van der Waals surface area contributed by atoms with E-state index in [1.807, 2.05) is 0 Å². The van der Waals surface area contributed by atoms with Gasteiger partial charge in [-0.05, 0) is 7.05 Å². The average Bonchev–Trinajstić information content (AvgIpc) is 1.82. The van der Waals surface area contributed by atoms with Crippen LogP contribution < -0.4 is 16.4 Å². The van der Waals surface area contributed by atoms with E-state index < -0.39 is 11.8 Å². The summed E-state index contributed by atoms with van der Waals surface area (Å²) in [4.78, 5) is 20.3. The van der Waals surface area contributed by atoms with Gasteiger partial charge < -0.3 is 16.4 Å². The molecule has 0 aromatic heterocycles. The highest BCUT2D eigenvalue weighted by molar-refractivity contribution is 6.34. The lowest BCUT2D eigenvalue weighted by atomic mass is 10.6. The molecule has 0 spiro atoms. The van der Waals surface area contributed by atoms with E-state index in [1.165, 1.54) is 0 Å². The van der Waals surface area contributed by atoms with Gasteiger partial charge in [0.25, 0.3) is 0 Å². The van der Waals surface area contributed by atoms with Gasteiger partial charge in [-0.25, -0.2) is 0 Å². The standard InChI is InChI=1S/C4H9N3O2/c1-6-2-7-4(9)3(5)8/h6H,2H2,1H3,(H2,5,8)(H,7,9). The number of hydrogen-bond donors (Lipinski definition) is 3.